The molecule has 0 aromatic heterocycles. The van der Waals surface area contributed by atoms with E-state index >= 15 is 0 Å². The summed E-state index contributed by atoms with van der Waals surface area (Å²) >= 11 is 0. The van der Waals surface area contributed by atoms with Crippen LogP contribution < -0.4 is 10.6 Å². The molecule has 0 spiro atoms. The highest BCUT2D eigenvalue weighted by Crippen LogP contribution is 2.41. The van der Waals surface area contributed by atoms with Crippen LogP contribution in [0.25, 0.3) is 0 Å². The zero-order chi connectivity index (χ0) is 9.05. The number of nitrogens with one attached hydrogen (secondary N) is 2. The Morgan fingerprint density at radius 1 is 1.46 bits per heavy atom. The van der Waals surface area contributed by atoms with E-state index < -0.39 is 5.54 Å². The molecule has 1 unspecified atom stereocenters. The monoisotopic (exact) mass is 174 g/mol. The Labute approximate surface area is 76.1 Å². The van der Waals surface area contributed by atoms with Gasteiger partial charge in [-0.1, -0.05) is 12.1 Å². The van der Waals surface area contributed by atoms with Crippen molar-refractivity contribution in [1.29, 1.82) is 0 Å². The minimum absolute atomic E-state index is 0.0625. The van der Waals surface area contributed by atoms with E-state index in [1.54, 1.807) is 0 Å². The van der Waals surface area contributed by atoms with Gasteiger partial charge in [0.05, 0.1) is 0 Å². The molecule has 2 N–H and O–H groups in total. The topological polar surface area (TPSA) is 41.1 Å². The summed E-state index contributed by atoms with van der Waals surface area (Å²) in [5, 5.41) is 6.12. The Balaban J connectivity index is 2.36. The number of rotatable bonds is 0. The second kappa shape index (κ2) is 1.93. The van der Waals surface area contributed by atoms with Crippen molar-refractivity contribution in [3.05, 3.63) is 29.3 Å². The minimum Gasteiger partial charge on any atom is -0.324 e. The van der Waals surface area contributed by atoms with Crippen molar-refractivity contribution in [1.82, 2.24) is 5.32 Å². The largest absolute Gasteiger partial charge is 0.324 e. The first kappa shape index (κ1) is 7.09. The van der Waals surface area contributed by atoms with Gasteiger partial charge in [-0.3, -0.25) is 10.1 Å². The summed E-state index contributed by atoms with van der Waals surface area (Å²) in [7, 11) is 0. The zero-order valence-electron chi connectivity index (χ0n) is 7.35. The van der Waals surface area contributed by atoms with E-state index in [9.17, 15) is 4.79 Å². The lowest BCUT2D eigenvalue weighted by Gasteiger charge is -2.16. The predicted octanol–water partition coefficient (Wildman–Crippen LogP) is 0.957. The first-order chi connectivity index (χ1) is 6.22. The third-order valence-electron chi connectivity index (χ3n) is 2.99. The lowest BCUT2D eigenvalue weighted by Crippen LogP contribution is -2.40. The fourth-order valence-electron chi connectivity index (χ4n) is 2.24. The highest BCUT2D eigenvalue weighted by molar-refractivity contribution is 6.06. The second-order valence-electron chi connectivity index (χ2n) is 3.77. The Hall–Kier alpha value is -1.35. The van der Waals surface area contributed by atoms with Gasteiger partial charge in [-0.05, 0) is 18.6 Å². The summed E-state index contributed by atoms with van der Waals surface area (Å²) in [5.74, 6) is 0.0625. The number of hydrogen-bond acceptors (Lipinski definition) is 2. The van der Waals surface area contributed by atoms with Crippen LogP contribution in [0, 0.1) is 0 Å². The molecule has 3 rings (SSSR count). The first-order valence-electron chi connectivity index (χ1n) is 4.41. The zero-order valence-corrected chi connectivity index (χ0v) is 7.35. The Morgan fingerprint density at radius 3 is 3.15 bits per heavy atom. The van der Waals surface area contributed by atoms with Crippen LogP contribution in [0.2, 0.25) is 0 Å². The van der Waals surface area contributed by atoms with Gasteiger partial charge in [0, 0.05) is 17.8 Å². The summed E-state index contributed by atoms with van der Waals surface area (Å²) in [4.78, 5) is 11.6. The van der Waals surface area contributed by atoms with Gasteiger partial charge in [-0.15, -0.1) is 0 Å². The quantitative estimate of drug-likeness (QED) is 0.615. The molecule has 13 heavy (non-hydrogen) atoms. The summed E-state index contributed by atoms with van der Waals surface area (Å²) in [5.41, 5.74) is 2.86. The molecule has 3 heteroatoms. The highest BCUT2D eigenvalue weighted by atomic mass is 16.2. The average Bonchev–Trinajstić information content (AvgIpc) is 2.57. The molecule has 0 radical (unpaired) electrons. The van der Waals surface area contributed by atoms with E-state index in [4.69, 9.17) is 0 Å². The third kappa shape index (κ3) is 0.664. The van der Waals surface area contributed by atoms with E-state index in [-0.39, 0.29) is 5.91 Å². The molecule has 2 aliphatic heterocycles. The van der Waals surface area contributed by atoms with Crippen LogP contribution in [-0.4, -0.2) is 5.91 Å². The van der Waals surface area contributed by atoms with Gasteiger partial charge in [0.25, 0.3) is 0 Å². The molecule has 2 aliphatic rings. The first-order valence-corrected chi connectivity index (χ1v) is 4.41. The Bertz CT molecular complexity index is 413. The van der Waals surface area contributed by atoms with Crippen LogP contribution in [0.3, 0.4) is 0 Å². The van der Waals surface area contributed by atoms with Gasteiger partial charge < -0.3 is 5.32 Å². The van der Waals surface area contributed by atoms with Gasteiger partial charge in [0.2, 0.25) is 5.91 Å². The molecule has 0 aliphatic carbocycles. The lowest BCUT2D eigenvalue weighted by atomic mass is 9.94. The fourth-order valence-corrected chi connectivity index (χ4v) is 2.24. The van der Waals surface area contributed by atoms with Gasteiger partial charge in [0.15, 0.2) is 0 Å². The van der Waals surface area contributed by atoms with Crippen molar-refractivity contribution in [2.45, 2.75) is 19.0 Å². The van der Waals surface area contributed by atoms with Crippen LogP contribution in [0.5, 0.6) is 0 Å². The molecule has 0 saturated carbocycles. The SMILES string of the molecule is CC12NCc3cccc(c31)NC2=O. The molecule has 0 saturated heterocycles. The number of hydrogen-bond donors (Lipinski definition) is 2. The molecule has 1 aromatic rings. The van der Waals surface area contributed by atoms with Crippen LogP contribution in [0.4, 0.5) is 5.69 Å². The maximum atomic E-state index is 11.6. The summed E-state index contributed by atoms with van der Waals surface area (Å²) in [6.07, 6.45) is 0. The van der Waals surface area contributed by atoms with Crippen molar-refractivity contribution < 1.29 is 4.79 Å². The minimum atomic E-state index is -0.480. The number of carbonyl (C=O) groups is 1. The van der Waals surface area contributed by atoms with Crippen molar-refractivity contribution in [2.75, 3.05) is 5.32 Å². The maximum absolute atomic E-state index is 11.6. The molecule has 1 aromatic carbocycles. The molecular formula is C10H10N2O. The standard InChI is InChI=1S/C10H10N2O/c1-10-8-6(5-11-10)3-2-4-7(8)12-9(10)13/h2-4,11H,5H2,1H3,(H,12,13). The van der Waals surface area contributed by atoms with E-state index in [2.05, 4.69) is 16.7 Å². The third-order valence-corrected chi connectivity index (χ3v) is 2.99. The van der Waals surface area contributed by atoms with Crippen molar-refractivity contribution in [3.63, 3.8) is 0 Å². The summed E-state index contributed by atoms with van der Waals surface area (Å²) < 4.78 is 0. The lowest BCUT2D eigenvalue weighted by molar-refractivity contribution is -0.121. The maximum Gasteiger partial charge on any atom is 0.249 e. The van der Waals surface area contributed by atoms with Crippen LogP contribution in [0.15, 0.2) is 18.2 Å². The molecule has 2 heterocycles. The van der Waals surface area contributed by atoms with E-state index in [1.807, 2.05) is 19.1 Å². The van der Waals surface area contributed by atoms with E-state index in [0.717, 1.165) is 17.8 Å². The van der Waals surface area contributed by atoms with Crippen molar-refractivity contribution in [2.24, 2.45) is 0 Å². The van der Waals surface area contributed by atoms with E-state index in [1.165, 1.54) is 5.56 Å². The number of benzene rings is 1. The van der Waals surface area contributed by atoms with Gasteiger partial charge >= 0.3 is 0 Å². The van der Waals surface area contributed by atoms with Gasteiger partial charge in [-0.2, -0.15) is 0 Å². The highest BCUT2D eigenvalue weighted by Gasteiger charge is 2.47. The normalized spacial score (nSPS) is 28.8. The molecule has 3 nitrogen and oxygen atoms in total. The molecule has 0 bridgehead atoms. The smallest absolute Gasteiger partial charge is 0.249 e. The molecule has 66 valence electrons. The van der Waals surface area contributed by atoms with Gasteiger partial charge in [-0.25, -0.2) is 0 Å². The second-order valence-corrected chi connectivity index (χ2v) is 3.77. The van der Waals surface area contributed by atoms with Crippen LogP contribution in [-0.2, 0) is 16.9 Å². The summed E-state index contributed by atoms with van der Waals surface area (Å²) in [6, 6.07) is 6.00. The van der Waals surface area contributed by atoms with Crippen molar-refractivity contribution >= 4 is 11.6 Å². The van der Waals surface area contributed by atoms with Gasteiger partial charge in [0.1, 0.15) is 5.54 Å². The number of amides is 1. The molecule has 1 atom stereocenters. The van der Waals surface area contributed by atoms with Crippen LogP contribution in [0.1, 0.15) is 18.1 Å². The predicted molar refractivity (Wildman–Crippen MR) is 49.3 cm³/mol. The van der Waals surface area contributed by atoms with E-state index in [0.29, 0.717) is 0 Å². The molecule has 1 amide bonds. The average molecular weight is 174 g/mol. The fraction of sp³-hybridized carbons (Fsp3) is 0.300. The molecular weight excluding hydrogens is 164 g/mol. The Morgan fingerprint density at radius 2 is 2.31 bits per heavy atom. The Kier molecular flexibility index (Phi) is 1.05. The summed E-state index contributed by atoms with van der Waals surface area (Å²) in [6.45, 7) is 2.73. The number of anilines is 1. The molecule has 0 fully saturated rings. The number of carbonyl (C=O) groups excluding carboxylic acids is 1. The van der Waals surface area contributed by atoms with Crippen molar-refractivity contribution in [3.8, 4) is 0 Å². The van der Waals surface area contributed by atoms with Crippen LogP contribution >= 0.6 is 0 Å².